The largest absolute Gasteiger partial charge is 0.480 e. The van der Waals surface area contributed by atoms with Crippen LogP contribution in [0, 0.1) is 0 Å². The summed E-state index contributed by atoms with van der Waals surface area (Å²) in [5.41, 5.74) is 1.26. The van der Waals surface area contributed by atoms with Gasteiger partial charge in [-0.15, -0.1) is 0 Å². The summed E-state index contributed by atoms with van der Waals surface area (Å²) in [4.78, 5) is 12.6. The highest BCUT2D eigenvalue weighted by molar-refractivity contribution is 5.74. The molecule has 0 amide bonds. The number of carbonyl (C=O) groups is 1. The zero-order valence-corrected chi connectivity index (χ0v) is 7.58. The third kappa shape index (κ3) is 1.85. The van der Waals surface area contributed by atoms with Gasteiger partial charge in [-0.25, -0.2) is 0 Å². The lowest BCUT2D eigenvalue weighted by Gasteiger charge is -2.12. The molecule has 1 saturated heterocycles. The van der Waals surface area contributed by atoms with Gasteiger partial charge in [0.15, 0.2) is 0 Å². The van der Waals surface area contributed by atoms with E-state index < -0.39 is 5.97 Å². The molecular weight excluding hydrogens is 154 g/mol. The van der Waals surface area contributed by atoms with Crippen molar-refractivity contribution in [2.24, 2.45) is 0 Å². The Kier molecular flexibility index (Phi) is 2.87. The normalized spacial score (nSPS) is 28.2. The van der Waals surface area contributed by atoms with Crippen molar-refractivity contribution in [2.75, 3.05) is 13.6 Å². The van der Waals surface area contributed by atoms with Crippen molar-refractivity contribution in [3.63, 3.8) is 0 Å². The molecule has 0 saturated carbocycles. The Morgan fingerprint density at radius 2 is 2.50 bits per heavy atom. The highest BCUT2D eigenvalue weighted by atomic mass is 16.4. The number of aliphatic carboxylic acids is 1. The maximum absolute atomic E-state index is 10.7. The fourth-order valence-corrected chi connectivity index (χ4v) is 1.61. The lowest BCUT2D eigenvalue weighted by molar-refractivity contribution is -0.141. The van der Waals surface area contributed by atoms with E-state index in [0.29, 0.717) is 6.42 Å². The van der Waals surface area contributed by atoms with E-state index in [0.717, 1.165) is 13.0 Å². The molecule has 12 heavy (non-hydrogen) atoms. The van der Waals surface area contributed by atoms with Crippen LogP contribution in [0.15, 0.2) is 11.6 Å². The standard InChI is InChI=1S/C9H15NO2/c1-3-4-7-5-8(9(11)12)10(2)6-7/h4,8H,3,5-6H2,1-2H3,(H,11,12)/b7-4-/t8-/m0/s1. The predicted molar refractivity (Wildman–Crippen MR) is 47.0 cm³/mol. The van der Waals surface area contributed by atoms with E-state index in [1.54, 1.807) is 0 Å². The molecule has 0 aromatic rings. The molecule has 1 aliphatic rings. The lowest BCUT2D eigenvalue weighted by Crippen LogP contribution is -2.32. The molecule has 0 radical (unpaired) electrons. The SMILES string of the molecule is CC/C=C1/C[C@@H](C(=O)O)N(C)C1. The molecule has 1 fully saturated rings. The summed E-state index contributed by atoms with van der Waals surface area (Å²) in [6.45, 7) is 2.88. The summed E-state index contributed by atoms with van der Waals surface area (Å²) in [6.07, 6.45) is 3.81. The maximum Gasteiger partial charge on any atom is 0.321 e. The quantitative estimate of drug-likeness (QED) is 0.629. The van der Waals surface area contributed by atoms with Gasteiger partial charge in [-0.3, -0.25) is 9.69 Å². The Balaban J connectivity index is 2.62. The molecular formula is C9H15NO2. The molecule has 0 bridgehead atoms. The summed E-state index contributed by atoms with van der Waals surface area (Å²) in [5.74, 6) is -0.711. The number of likely N-dealkylation sites (N-methyl/N-ethyl adjacent to an activating group) is 1. The minimum Gasteiger partial charge on any atom is -0.480 e. The first kappa shape index (κ1) is 9.26. The number of carboxylic acid groups (broad SMARTS) is 1. The molecule has 3 nitrogen and oxygen atoms in total. The van der Waals surface area contributed by atoms with E-state index in [9.17, 15) is 4.79 Å². The van der Waals surface area contributed by atoms with E-state index in [-0.39, 0.29) is 6.04 Å². The average molecular weight is 169 g/mol. The first-order valence-electron chi connectivity index (χ1n) is 4.26. The molecule has 0 aromatic heterocycles. The predicted octanol–water partition coefficient (Wildman–Crippen LogP) is 1.11. The van der Waals surface area contributed by atoms with E-state index in [2.05, 4.69) is 13.0 Å². The van der Waals surface area contributed by atoms with Crippen LogP contribution in [0.2, 0.25) is 0 Å². The smallest absolute Gasteiger partial charge is 0.321 e. The monoisotopic (exact) mass is 169 g/mol. The Bertz CT molecular complexity index is 211. The van der Waals surface area contributed by atoms with Crippen LogP contribution in [0.5, 0.6) is 0 Å². The topological polar surface area (TPSA) is 40.5 Å². The van der Waals surface area contributed by atoms with E-state index in [4.69, 9.17) is 5.11 Å². The molecule has 1 aliphatic heterocycles. The summed E-state index contributed by atoms with van der Waals surface area (Å²) < 4.78 is 0. The molecule has 0 spiro atoms. The number of likely N-dealkylation sites (tertiary alicyclic amines) is 1. The third-order valence-electron chi connectivity index (χ3n) is 2.22. The van der Waals surface area contributed by atoms with Gasteiger partial charge < -0.3 is 5.11 Å². The van der Waals surface area contributed by atoms with Gasteiger partial charge in [0.1, 0.15) is 6.04 Å². The molecule has 0 aliphatic carbocycles. The summed E-state index contributed by atoms with van der Waals surface area (Å²) in [7, 11) is 1.86. The minimum atomic E-state index is -0.711. The van der Waals surface area contributed by atoms with Crippen molar-refractivity contribution in [3.05, 3.63) is 11.6 Å². The lowest BCUT2D eigenvalue weighted by atomic mass is 10.1. The summed E-state index contributed by atoms with van der Waals surface area (Å²) in [6, 6.07) is -0.303. The van der Waals surface area contributed by atoms with Crippen LogP contribution in [0.25, 0.3) is 0 Å². The van der Waals surface area contributed by atoms with Gasteiger partial charge in [-0.2, -0.15) is 0 Å². The Morgan fingerprint density at radius 1 is 1.83 bits per heavy atom. The molecule has 0 unspecified atom stereocenters. The van der Waals surface area contributed by atoms with E-state index in [1.807, 2.05) is 11.9 Å². The van der Waals surface area contributed by atoms with Crippen LogP contribution >= 0.6 is 0 Å². The van der Waals surface area contributed by atoms with Crippen molar-refractivity contribution < 1.29 is 9.90 Å². The molecule has 1 atom stereocenters. The fourth-order valence-electron chi connectivity index (χ4n) is 1.61. The van der Waals surface area contributed by atoms with Crippen LogP contribution in [0.3, 0.4) is 0 Å². The number of allylic oxidation sites excluding steroid dienone is 1. The third-order valence-corrected chi connectivity index (χ3v) is 2.22. The van der Waals surface area contributed by atoms with E-state index >= 15 is 0 Å². The Labute approximate surface area is 72.7 Å². The van der Waals surface area contributed by atoms with Gasteiger partial charge in [0.2, 0.25) is 0 Å². The minimum absolute atomic E-state index is 0.303. The fraction of sp³-hybridized carbons (Fsp3) is 0.667. The number of hydrogen-bond acceptors (Lipinski definition) is 2. The maximum atomic E-state index is 10.7. The number of carboxylic acids is 1. The number of rotatable bonds is 2. The summed E-state index contributed by atoms with van der Waals surface area (Å²) in [5, 5.41) is 8.80. The van der Waals surface area contributed by atoms with Crippen LogP contribution in [-0.4, -0.2) is 35.6 Å². The van der Waals surface area contributed by atoms with Gasteiger partial charge in [-0.1, -0.05) is 18.6 Å². The van der Waals surface area contributed by atoms with Crippen LogP contribution < -0.4 is 0 Å². The molecule has 68 valence electrons. The second-order valence-corrected chi connectivity index (χ2v) is 3.24. The zero-order chi connectivity index (χ0) is 9.14. The van der Waals surface area contributed by atoms with E-state index in [1.165, 1.54) is 5.57 Å². The molecule has 1 rings (SSSR count). The van der Waals surface area contributed by atoms with Crippen LogP contribution in [0.4, 0.5) is 0 Å². The average Bonchev–Trinajstić information content (AvgIpc) is 2.32. The van der Waals surface area contributed by atoms with Crippen LogP contribution in [-0.2, 0) is 4.79 Å². The second-order valence-electron chi connectivity index (χ2n) is 3.24. The first-order chi connectivity index (χ1) is 5.65. The van der Waals surface area contributed by atoms with Crippen molar-refractivity contribution in [2.45, 2.75) is 25.8 Å². The highest BCUT2D eigenvalue weighted by Gasteiger charge is 2.29. The second kappa shape index (κ2) is 3.72. The molecule has 3 heteroatoms. The van der Waals surface area contributed by atoms with Gasteiger partial charge in [0, 0.05) is 6.54 Å². The molecule has 1 heterocycles. The van der Waals surface area contributed by atoms with Crippen molar-refractivity contribution in [1.29, 1.82) is 0 Å². The zero-order valence-electron chi connectivity index (χ0n) is 7.58. The first-order valence-corrected chi connectivity index (χ1v) is 4.26. The van der Waals surface area contributed by atoms with Gasteiger partial charge in [0.05, 0.1) is 0 Å². The Hall–Kier alpha value is -0.830. The molecule has 1 N–H and O–H groups in total. The van der Waals surface area contributed by atoms with Gasteiger partial charge in [0.25, 0.3) is 0 Å². The number of nitrogens with zero attached hydrogens (tertiary/aromatic N) is 1. The Morgan fingerprint density at radius 3 is 2.92 bits per heavy atom. The number of hydrogen-bond donors (Lipinski definition) is 1. The van der Waals surface area contributed by atoms with Crippen molar-refractivity contribution in [1.82, 2.24) is 4.90 Å². The van der Waals surface area contributed by atoms with Gasteiger partial charge >= 0.3 is 5.97 Å². The van der Waals surface area contributed by atoms with Crippen molar-refractivity contribution in [3.8, 4) is 0 Å². The van der Waals surface area contributed by atoms with Crippen LogP contribution in [0.1, 0.15) is 19.8 Å². The van der Waals surface area contributed by atoms with Crippen molar-refractivity contribution >= 4 is 5.97 Å². The van der Waals surface area contributed by atoms with Gasteiger partial charge in [-0.05, 0) is 19.9 Å². The molecule has 0 aromatic carbocycles. The highest BCUT2D eigenvalue weighted by Crippen LogP contribution is 2.21. The summed E-state index contributed by atoms with van der Waals surface area (Å²) >= 11 is 0.